The van der Waals surface area contributed by atoms with Crippen molar-refractivity contribution in [3.63, 3.8) is 0 Å². The molecule has 5 nitrogen and oxygen atoms in total. The molecule has 2 saturated heterocycles. The number of H-pyrrole nitrogens is 1. The maximum Gasteiger partial charge on any atom is 0.416 e. The highest BCUT2D eigenvalue weighted by Crippen LogP contribution is 2.35. The fraction of sp³-hybridized carbons (Fsp3) is 0.462. The van der Waals surface area contributed by atoms with Crippen LogP contribution in [0.25, 0.3) is 10.9 Å². The number of anilines is 1. The largest absolute Gasteiger partial charge is 0.497 e. The van der Waals surface area contributed by atoms with Crippen LogP contribution in [0.15, 0.2) is 42.6 Å². The molecule has 0 amide bonds. The molecule has 1 N–H and O–H groups in total. The number of rotatable bonds is 6. The Labute approximate surface area is 198 Å². The van der Waals surface area contributed by atoms with E-state index in [1.54, 1.807) is 13.2 Å². The minimum absolute atomic E-state index is 0.557. The number of piperazine rings is 1. The Kier molecular flexibility index (Phi) is 6.44. The third kappa shape index (κ3) is 4.88. The average molecular weight is 473 g/mol. The number of hydrogen-bond acceptors (Lipinski definition) is 4. The van der Waals surface area contributed by atoms with Gasteiger partial charge in [-0.2, -0.15) is 13.2 Å². The highest BCUT2D eigenvalue weighted by Gasteiger charge is 2.32. The van der Waals surface area contributed by atoms with E-state index in [9.17, 15) is 13.2 Å². The molecule has 0 spiro atoms. The van der Waals surface area contributed by atoms with E-state index in [1.165, 1.54) is 23.1 Å². The fourth-order valence-corrected chi connectivity index (χ4v) is 5.13. The molecule has 0 saturated carbocycles. The third-order valence-electron chi connectivity index (χ3n) is 7.09. The Morgan fingerprint density at radius 3 is 2.18 bits per heavy atom. The molecule has 5 rings (SSSR count). The first kappa shape index (κ1) is 23.1. The maximum atomic E-state index is 13.3. The number of alkyl halides is 3. The standard InChI is InChI=1S/C26H31F3N4O/c1-34-22-6-7-24-23(15-22)20(16-30-24)18-32-12-10-31(11-13-32)17-19-4-5-21(26(27,28)29)14-25(19)33-8-2-3-9-33/h4-7,14-16,30H,2-3,8-13,17-18H2,1H3. The molecule has 0 atom stereocenters. The predicted molar refractivity (Wildman–Crippen MR) is 128 cm³/mol. The first-order valence-corrected chi connectivity index (χ1v) is 11.9. The van der Waals surface area contributed by atoms with Crippen LogP contribution in [0.2, 0.25) is 0 Å². The molecule has 2 aliphatic heterocycles. The molecule has 0 radical (unpaired) electrons. The SMILES string of the molecule is COc1ccc2[nH]cc(CN3CCN(Cc4ccc(C(F)(F)F)cc4N4CCCC4)CC3)c2c1. The Morgan fingerprint density at radius 2 is 1.53 bits per heavy atom. The zero-order chi connectivity index (χ0) is 23.7. The number of aromatic nitrogens is 1. The van der Waals surface area contributed by atoms with Crippen LogP contribution in [0.3, 0.4) is 0 Å². The summed E-state index contributed by atoms with van der Waals surface area (Å²) >= 11 is 0. The lowest BCUT2D eigenvalue weighted by atomic mass is 10.1. The van der Waals surface area contributed by atoms with Gasteiger partial charge in [-0.25, -0.2) is 0 Å². The predicted octanol–water partition coefficient (Wildman–Crippen LogP) is 5.11. The molecule has 2 aliphatic rings. The first-order valence-electron chi connectivity index (χ1n) is 11.9. The highest BCUT2D eigenvalue weighted by atomic mass is 19.4. The van der Waals surface area contributed by atoms with Crippen molar-refractivity contribution in [1.82, 2.24) is 14.8 Å². The van der Waals surface area contributed by atoms with Crippen LogP contribution in [-0.2, 0) is 19.3 Å². The number of methoxy groups -OCH3 is 1. The van der Waals surface area contributed by atoms with Crippen molar-refractivity contribution in [1.29, 1.82) is 0 Å². The van der Waals surface area contributed by atoms with Crippen molar-refractivity contribution >= 4 is 16.6 Å². The summed E-state index contributed by atoms with van der Waals surface area (Å²) in [6, 6.07) is 10.3. The number of nitrogens with zero attached hydrogens (tertiary/aromatic N) is 3. The average Bonchev–Trinajstić information content (AvgIpc) is 3.50. The van der Waals surface area contributed by atoms with Crippen LogP contribution in [0.4, 0.5) is 18.9 Å². The number of hydrogen-bond donors (Lipinski definition) is 1. The molecule has 182 valence electrons. The molecular formula is C26H31F3N4O. The summed E-state index contributed by atoms with van der Waals surface area (Å²) in [6.45, 7) is 6.85. The molecule has 34 heavy (non-hydrogen) atoms. The van der Waals surface area contributed by atoms with E-state index in [4.69, 9.17) is 4.74 Å². The van der Waals surface area contributed by atoms with Gasteiger partial charge in [-0.15, -0.1) is 0 Å². The van der Waals surface area contributed by atoms with E-state index in [0.717, 1.165) is 81.2 Å². The zero-order valence-corrected chi connectivity index (χ0v) is 19.5. The number of halogens is 3. The van der Waals surface area contributed by atoms with Gasteiger partial charge in [0.15, 0.2) is 0 Å². The lowest BCUT2D eigenvalue weighted by Gasteiger charge is -2.35. The summed E-state index contributed by atoms with van der Waals surface area (Å²) in [5.74, 6) is 0.850. The minimum atomic E-state index is -4.31. The van der Waals surface area contributed by atoms with E-state index >= 15 is 0 Å². The van der Waals surface area contributed by atoms with E-state index < -0.39 is 11.7 Å². The fourth-order valence-electron chi connectivity index (χ4n) is 5.13. The van der Waals surface area contributed by atoms with Crippen molar-refractivity contribution < 1.29 is 17.9 Å². The summed E-state index contributed by atoms with van der Waals surface area (Å²) in [5, 5.41) is 1.18. The Morgan fingerprint density at radius 1 is 0.853 bits per heavy atom. The van der Waals surface area contributed by atoms with Gasteiger partial charge in [0.1, 0.15) is 5.75 Å². The molecular weight excluding hydrogens is 441 g/mol. The van der Waals surface area contributed by atoms with Crippen LogP contribution in [0, 0.1) is 0 Å². The van der Waals surface area contributed by atoms with Gasteiger partial charge < -0.3 is 14.6 Å². The van der Waals surface area contributed by atoms with Gasteiger partial charge in [-0.05, 0) is 54.3 Å². The second-order valence-electron chi connectivity index (χ2n) is 9.31. The van der Waals surface area contributed by atoms with Gasteiger partial charge in [0, 0.05) is 75.1 Å². The molecule has 2 aromatic carbocycles. The first-order chi connectivity index (χ1) is 16.4. The summed E-state index contributed by atoms with van der Waals surface area (Å²) in [5.41, 5.74) is 3.54. The van der Waals surface area contributed by atoms with E-state index in [0.29, 0.717) is 6.54 Å². The van der Waals surface area contributed by atoms with Crippen LogP contribution in [0.5, 0.6) is 5.75 Å². The Hall–Kier alpha value is -2.71. The van der Waals surface area contributed by atoms with Crippen molar-refractivity contribution in [3.8, 4) is 5.75 Å². The zero-order valence-electron chi connectivity index (χ0n) is 19.5. The van der Waals surface area contributed by atoms with Crippen molar-refractivity contribution in [3.05, 3.63) is 59.3 Å². The van der Waals surface area contributed by atoms with Crippen molar-refractivity contribution in [2.24, 2.45) is 0 Å². The normalized spacial score (nSPS) is 18.2. The number of ether oxygens (including phenoxy) is 1. The lowest BCUT2D eigenvalue weighted by Crippen LogP contribution is -2.45. The Balaban J connectivity index is 1.24. The summed E-state index contributed by atoms with van der Waals surface area (Å²) in [6.07, 6.45) is -0.172. The molecule has 0 bridgehead atoms. The van der Waals surface area contributed by atoms with Crippen LogP contribution in [0.1, 0.15) is 29.5 Å². The van der Waals surface area contributed by atoms with Gasteiger partial charge in [0.2, 0.25) is 0 Å². The van der Waals surface area contributed by atoms with Gasteiger partial charge in [0.25, 0.3) is 0 Å². The van der Waals surface area contributed by atoms with Crippen molar-refractivity contribution in [2.75, 3.05) is 51.3 Å². The molecule has 0 aliphatic carbocycles. The number of nitrogens with one attached hydrogen (secondary N) is 1. The molecule has 1 aromatic heterocycles. The van der Waals surface area contributed by atoms with E-state index in [-0.39, 0.29) is 0 Å². The Bertz CT molecular complexity index is 1130. The number of fused-ring (bicyclic) bond motifs is 1. The van der Waals surface area contributed by atoms with Gasteiger partial charge >= 0.3 is 6.18 Å². The van der Waals surface area contributed by atoms with Gasteiger partial charge in [-0.1, -0.05) is 6.07 Å². The lowest BCUT2D eigenvalue weighted by molar-refractivity contribution is -0.137. The molecule has 8 heteroatoms. The van der Waals surface area contributed by atoms with Crippen molar-refractivity contribution in [2.45, 2.75) is 32.1 Å². The molecule has 2 fully saturated rings. The maximum absolute atomic E-state index is 13.3. The summed E-state index contributed by atoms with van der Waals surface area (Å²) in [4.78, 5) is 10.3. The second kappa shape index (κ2) is 9.50. The van der Waals surface area contributed by atoms with Gasteiger partial charge in [0.05, 0.1) is 12.7 Å². The number of aromatic amines is 1. The van der Waals surface area contributed by atoms with Crippen LogP contribution < -0.4 is 9.64 Å². The summed E-state index contributed by atoms with van der Waals surface area (Å²) in [7, 11) is 1.68. The van der Waals surface area contributed by atoms with Gasteiger partial charge in [-0.3, -0.25) is 9.80 Å². The summed E-state index contributed by atoms with van der Waals surface area (Å²) < 4.78 is 45.4. The van der Waals surface area contributed by atoms with E-state index in [2.05, 4.69) is 31.9 Å². The molecule has 3 heterocycles. The van der Waals surface area contributed by atoms with E-state index in [1.807, 2.05) is 12.1 Å². The second-order valence-corrected chi connectivity index (χ2v) is 9.31. The van der Waals surface area contributed by atoms with Crippen LogP contribution in [-0.4, -0.2) is 61.2 Å². The monoisotopic (exact) mass is 472 g/mol. The smallest absolute Gasteiger partial charge is 0.416 e. The minimum Gasteiger partial charge on any atom is -0.497 e. The highest BCUT2D eigenvalue weighted by molar-refractivity contribution is 5.84. The van der Waals surface area contributed by atoms with Crippen LogP contribution >= 0.6 is 0 Å². The quantitative estimate of drug-likeness (QED) is 0.541. The molecule has 3 aromatic rings. The molecule has 0 unspecified atom stereocenters. The third-order valence-corrected chi connectivity index (χ3v) is 7.09. The topological polar surface area (TPSA) is 34.7 Å². The number of benzene rings is 2.